The van der Waals surface area contributed by atoms with Crippen LogP contribution < -0.4 is 0 Å². The van der Waals surface area contributed by atoms with Crippen LogP contribution in [-0.4, -0.2) is 37.3 Å². The van der Waals surface area contributed by atoms with E-state index in [-0.39, 0.29) is 5.56 Å². The molecule has 0 atom stereocenters. The molecule has 0 bridgehead atoms. The van der Waals surface area contributed by atoms with E-state index in [0.717, 1.165) is 6.20 Å². The average molecular weight is 291 g/mol. The normalized spacial score (nSPS) is 12.4. The van der Waals surface area contributed by atoms with E-state index in [9.17, 15) is 22.4 Å². The number of Topliss-reactive ketones (excluding diaryl/α,β-unsaturated/α-hetero) is 1. The first-order valence-electron chi connectivity index (χ1n) is 5.57. The standard InChI is InChI=1S/C13H13F4NO2/c1-18(2)8-10(20-13(16,17)12(14)15)11(19)9-6-4-3-5-7-9/h3-8,12H,1-2H3/b10-8-. The van der Waals surface area contributed by atoms with Gasteiger partial charge in [-0.05, 0) is 0 Å². The van der Waals surface area contributed by atoms with E-state index < -0.39 is 24.1 Å². The molecule has 3 nitrogen and oxygen atoms in total. The molecule has 0 fully saturated rings. The number of hydrogen-bond donors (Lipinski definition) is 0. The van der Waals surface area contributed by atoms with Crippen molar-refractivity contribution in [3.05, 3.63) is 47.9 Å². The lowest BCUT2D eigenvalue weighted by Gasteiger charge is -2.19. The van der Waals surface area contributed by atoms with Gasteiger partial charge in [-0.3, -0.25) is 4.79 Å². The SMILES string of the molecule is CN(C)/C=C(\OC(F)(F)C(F)F)C(=O)c1ccccc1. The second-order valence-corrected chi connectivity index (χ2v) is 4.12. The van der Waals surface area contributed by atoms with E-state index in [1.54, 1.807) is 6.07 Å². The van der Waals surface area contributed by atoms with Gasteiger partial charge < -0.3 is 9.64 Å². The lowest BCUT2D eigenvalue weighted by Crippen LogP contribution is -2.32. The number of alkyl halides is 4. The number of benzene rings is 1. The maximum absolute atomic E-state index is 12.9. The molecule has 1 aromatic carbocycles. The number of halogens is 4. The van der Waals surface area contributed by atoms with E-state index in [0.29, 0.717) is 0 Å². The van der Waals surface area contributed by atoms with Crippen LogP contribution in [0.1, 0.15) is 10.4 Å². The monoisotopic (exact) mass is 291 g/mol. The molecule has 0 heterocycles. The molecule has 0 spiro atoms. The summed E-state index contributed by atoms with van der Waals surface area (Å²) >= 11 is 0. The Bertz CT molecular complexity index is 486. The Balaban J connectivity index is 3.06. The van der Waals surface area contributed by atoms with Crippen molar-refractivity contribution >= 4 is 5.78 Å². The van der Waals surface area contributed by atoms with Crippen molar-refractivity contribution < 1.29 is 27.1 Å². The zero-order chi connectivity index (χ0) is 15.3. The van der Waals surface area contributed by atoms with Crippen LogP contribution in [0.15, 0.2) is 42.3 Å². The Morgan fingerprint density at radius 1 is 1.25 bits per heavy atom. The van der Waals surface area contributed by atoms with E-state index in [1.807, 2.05) is 0 Å². The predicted octanol–water partition coefficient (Wildman–Crippen LogP) is 3.15. The number of nitrogens with zero attached hydrogens (tertiary/aromatic N) is 1. The van der Waals surface area contributed by atoms with Crippen molar-refractivity contribution in [3.63, 3.8) is 0 Å². The summed E-state index contributed by atoms with van der Waals surface area (Å²) in [4.78, 5) is 13.2. The molecule has 110 valence electrons. The summed E-state index contributed by atoms with van der Waals surface area (Å²) < 4.78 is 54.1. The quantitative estimate of drug-likeness (QED) is 0.349. The van der Waals surface area contributed by atoms with Gasteiger partial charge in [0.25, 0.3) is 0 Å². The second-order valence-electron chi connectivity index (χ2n) is 4.12. The fraction of sp³-hybridized carbons (Fsp3) is 0.308. The Kier molecular flexibility index (Phi) is 5.12. The van der Waals surface area contributed by atoms with Crippen LogP contribution in [0.2, 0.25) is 0 Å². The first-order valence-corrected chi connectivity index (χ1v) is 5.57. The Labute approximate surface area is 113 Å². The molecule has 0 saturated carbocycles. The maximum atomic E-state index is 12.9. The van der Waals surface area contributed by atoms with Gasteiger partial charge in [0.05, 0.1) is 0 Å². The summed E-state index contributed by atoms with van der Waals surface area (Å²) in [7, 11) is 2.89. The van der Waals surface area contributed by atoms with Gasteiger partial charge in [-0.25, -0.2) is 0 Å². The maximum Gasteiger partial charge on any atom is 0.461 e. The number of ether oxygens (including phenoxy) is 1. The van der Waals surface area contributed by atoms with E-state index in [4.69, 9.17) is 0 Å². The van der Waals surface area contributed by atoms with Crippen LogP contribution in [0, 0.1) is 0 Å². The van der Waals surface area contributed by atoms with Crippen LogP contribution >= 0.6 is 0 Å². The molecule has 0 aromatic heterocycles. The van der Waals surface area contributed by atoms with E-state index >= 15 is 0 Å². The highest BCUT2D eigenvalue weighted by Crippen LogP contribution is 2.28. The van der Waals surface area contributed by atoms with Crippen molar-refractivity contribution in [1.82, 2.24) is 4.90 Å². The number of ketones is 1. The van der Waals surface area contributed by atoms with Crippen molar-refractivity contribution in [2.24, 2.45) is 0 Å². The Hall–Kier alpha value is -2.05. The van der Waals surface area contributed by atoms with Gasteiger partial charge in [0.2, 0.25) is 5.78 Å². The van der Waals surface area contributed by atoms with Crippen LogP contribution in [0.5, 0.6) is 0 Å². The molecular formula is C13H13F4NO2. The van der Waals surface area contributed by atoms with Crippen LogP contribution in [0.3, 0.4) is 0 Å². The van der Waals surface area contributed by atoms with Gasteiger partial charge in [-0.1, -0.05) is 30.3 Å². The van der Waals surface area contributed by atoms with Gasteiger partial charge >= 0.3 is 12.5 Å². The molecule has 7 heteroatoms. The second kappa shape index (κ2) is 6.40. The van der Waals surface area contributed by atoms with Crippen LogP contribution in [0.25, 0.3) is 0 Å². The molecular weight excluding hydrogens is 278 g/mol. The zero-order valence-corrected chi connectivity index (χ0v) is 10.8. The third-order valence-electron chi connectivity index (χ3n) is 2.14. The van der Waals surface area contributed by atoms with Crippen molar-refractivity contribution in [2.75, 3.05) is 14.1 Å². The molecule has 1 rings (SSSR count). The summed E-state index contributed by atoms with van der Waals surface area (Å²) in [6, 6.07) is 7.41. The zero-order valence-electron chi connectivity index (χ0n) is 10.8. The van der Waals surface area contributed by atoms with Gasteiger partial charge in [-0.2, -0.15) is 17.6 Å². The molecule has 0 aliphatic rings. The summed E-state index contributed by atoms with van der Waals surface area (Å²) in [5.74, 6) is -1.76. The molecule has 0 N–H and O–H groups in total. The van der Waals surface area contributed by atoms with Gasteiger partial charge in [0, 0.05) is 25.9 Å². The summed E-state index contributed by atoms with van der Waals surface area (Å²) in [5, 5.41) is 0. The molecule has 1 aromatic rings. The van der Waals surface area contributed by atoms with Crippen molar-refractivity contribution in [2.45, 2.75) is 12.5 Å². The van der Waals surface area contributed by atoms with Gasteiger partial charge in [0.15, 0.2) is 5.76 Å². The van der Waals surface area contributed by atoms with Gasteiger partial charge in [-0.15, -0.1) is 0 Å². The molecule has 0 amide bonds. The average Bonchev–Trinajstić information content (AvgIpc) is 2.37. The topological polar surface area (TPSA) is 29.5 Å². The molecule has 20 heavy (non-hydrogen) atoms. The first kappa shape index (κ1) is 16.0. The molecule has 0 aliphatic heterocycles. The molecule has 0 saturated heterocycles. The van der Waals surface area contributed by atoms with Crippen molar-refractivity contribution in [3.8, 4) is 0 Å². The van der Waals surface area contributed by atoms with E-state index in [2.05, 4.69) is 4.74 Å². The summed E-state index contributed by atoms with van der Waals surface area (Å²) in [5.41, 5.74) is 0.0608. The highest BCUT2D eigenvalue weighted by atomic mass is 19.3. The third kappa shape index (κ3) is 4.25. The van der Waals surface area contributed by atoms with E-state index in [1.165, 1.54) is 43.3 Å². The lowest BCUT2D eigenvalue weighted by molar-refractivity contribution is -0.279. The van der Waals surface area contributed by atoms with Gasteiger partial charge in [0.1, 0.15) is 0 Å². The Morgan fingerprint density at radius 2 is 1.80 bits per heavy atom. The third-order valence-corrected chi connectivity index (χ3v) is 2.14. The largest absolute Gasteiger partial charge is 0.461 e. The number of rotatable bonds is 6. The minimum absolute atomic E-state index is 0.0608. The highest BCUT2D eigenvalue weighted by Gasteiger charge is 2.45. The number of allylic oxidation sites excluding steroid dienone is 1. The number of hydrogen-bond acceptors (Lipinski definition) is 3. The smallest absolute Gasteiger partial charge is 0.423 e. The molecule has 0 aliphatic carbocycles. The predicted molar refractivity (Wildman–Crippen MR) is 64.6 cm³/mol. The number of carbonyl (C=O) groups excluding carboxylic acids is 1. The fourth-order valence-corrected chi connectivity index (χ4v) is 1.29. The molecule has 0 unspecified atom stereocenters. The minimum Gasteiger partial charge on any atom is -0.423 e. The number of carbonyl (C=O) groups is 1. The van der Waals surface area contributed by atoms with Crippen molar-refractivity contribution in [1.29, 1.82) is 0 Å². The van der Waals surface area contributed by atoms with Crippen LogP contribution in [0.4, 0.5) is 17.6 Å². The fourth-order valence-electron chi connectivity index (χ4n) is 1.29. The minimum atomic E-state index is -4.73. The summed E-state index contributed by atoms with van der Waals surface area (Å²) in [6.07, 6.45) is -7.84. The summed E-state index contributed by atoms with van der Waals surface area (Å²) in [6.45, 7) is 0. The highest BCUT2D eigenvalue weighted by molar-refractivity contribution is 6.07. The first-order chi connectivity index (χ1) is 9.24. The Morgan fingerprint density at radius 3 is 2.25 bits per heavy atom. The molecule has 0 radical (unpaired) electrons. The lowest BCUT2D eigenvalue weighted by atomic mass is 10.1. The van der Waals surface area contributed by atoms with Crippen LogP contribution in [-0.2, 0) is 4.74 Å².